The number of aryl methyl sites for hydroxylation is 1. The van der Waals surface area contributed by atoms with Gasteiger partial charge in [-0.25, -0.2) is 0 Å². The molecule has 19 heavy (non-hydrogen) atoms. The molecule has 2 atom stereocenters. The Morgan fingerprint density at radius 3 is 2.05 bits per heavy atom. The Labute approximate surface area is 119 Å². The zero-order valence-electron chi connectivity index (χ0n) is 13.4. The van der Waals surface area contributed by atoms with E-state index in [0.717, 1.165) is 13.0 Å². The van der Waals surface area contributed by atoms with Crippen molar-refractivity contribution in [1.29, 1.82) is 0 Å². The number of benzene rings is 1. The molecule has 0 aliphatic carbocycles. The van der Waals surface area contributed by atoms with Crippen molar-refractivity contribution >= 4 is 0 Å². The highest BCUT2D eigenvalue weighted by Gasteiger charge is 2.23. The third-order valence-electron chi connectivity index (χ3n) is 4.04. The van der Waals surface area contributed by atoms with Crippen LogP contribution in [0.25, 0.3) is 0 Å². The lowest BCUT2D eigenvalue weighted by molar-refractivity contribution is 0.335. The summed E-state index contributed by atoms with van der Waals surface area (Å²) in [6.07, 6.45) is 3.53. The molecule has 0 radical (unpaired) electrons. The first kappa shape index (κ1) is 16.2. The van der Waals surface area contributed by atoms with Gasteiger partial charge in [-0.2, -0.15) is 0 Å². The van der Waals surface area contributed by atoms with E-state index in [1.54, 1.807) is 0 Å². The molecule has 0 aliphatic heterocycles. The van der Waals surface area contributed by atoms with E-state index in [1.165, 1.54) is 24.0 Å². The lowest BCUT2D eigenvalue weighted by Gasteiger charge is -2.31. The molecular weight excluding hydrogens is 230 g/mol. The average Bonchev–Trinajstić information content (AvgIpc) is 2.43. The number of hydrogen-bond donors (Lipinski definition) is 1. The molecule has 1 nitrogen and oxygen atoms in total. The molecule has 1 aromatic carbocycles. The van der Waals surface area contributed by atoms with Crippen LogP contribution in [0.3, 0.4) is 0 Å². The fraction of sp³-hybridized carbons (Fsp3) is 0.667. The van der Waals surface area contributed by atoms with Gasteiger partial charge in [-0.05, 0) is 48.8 Å². The van der Waals surface area contributed by atoms with E-state index < -0.39 is 0 Å². The Hall–Kier alpha value is -0.820. The normalized spacial score (nSPS) is 14.6. The molecule has 0 spiro atoms. The predicted molar refractivity (Wildman–Crippen MR) is 85.8 cm³/mol. The van der Waals surface area contributed by atoms with E-state index in [9.17, 15) is 0 Å². The van der Waals surface area contributed by atoms with Crippen LogP contribution in [0.4, 0.5) is 0 Å². The highest BCUT2D eigenvalue weighted by molar-refractivity contribution is 5.26. The van der Waals surface area contributed by atoms with Gasteiger partial charge in [0.05, 0.1) is 0 Å². The van der Waals surface area contributed by atoms with E-state index >= 15 is 0 Å². The van der Waals surface area contributed by atoms with E-state index in [-0.39, 0.29) is 0 Å². The van der Waals surface area contributed by atoms with Gasteiger partial charge < -0.3 is 5.32 Å². The highest BCUT2D eigenvalue weighted by Crippen LogP contribution is 2.28. The Morgan fingerprint density at radius 2 is 1.63 bits per heavy atom. The van der Waals surface area contributed by atoms with Gasteiger partial charge in [-0.1, -0.05) is 58.9 Å². The maximum atomic E-state index is 3.75. The third kappa shape index (κ3) is 4.65. The molecule has 0 saturated heterocycles. The molecular formula is C18H31N. The quantitative estimate of drug-likeness (QED) is 0.711. The fourth-order valence-corrected chi connectivity index (χ4v) is 2.85. The second-order valence-electron chi connectivity index (χ2n) is 5.83. The summed E-state index contributed by atoms with van der Waals surface area (Å²) in [5.41, 5.74) is 2.92. The van der Waals surface area contributed by atoms with Crippen LogP contribution in [0.5, 0.6) is 0 Å². The summed E-state index contributed by atoms with van der Waals surface area (Å²) in [6, 6.07) is 9.81. The van der Waals surface area contributed by atoms with Crippen molar-refractivity contribution in [3.8, 4) is 0 Å². The summed E-state index contributed by atoms with van der Waals surface area (Å²) < 4.78 is 0. The summed E-state index contributed by atoms with van der Waals surface area (Å²) in [6.45, 7) is 12.5. The number of hydrogen-bond acceptors (Lipinski definition) is 1. The maximum absolute atomic E-state index is 3.75. The van der Waals surface area contributed by atoms with Crippen molar-refractivity contribution in [3.63, 3.8) is 0 Å². The molecule has 1 heteroatoms. The maximum Gasteiger partial charge on any atom is 0.0159 e. The topological polar surface area (TPSA) is 12.0 Å². The van der Waals surface area contributed by atoms with E-state index in [2.05, 4.69) is 64.2 Å². The lowest BCUT2D eigenvalue weighted by atomic mass is 9.83. The lowest BCUT2D eigenvalue weighted by Crippen LogP contribution is -2.39. The summed E-state index contributed by atoms with van der Waals surface area (Å²) in [5.74, 6) is 1.29. The Balaban J connectivity index is 2.87. The summed E-state index contributed by atoms with van der Waals surface area (Å²) in [7, 11) is 0. The molecule has 1 rings (SSSR count). The van der Waals surface area contributed by atoms with Gasteiger partial charge >= 0.3 is 0 Å². The minimum Gasteiger partial charge on any atom is -0.313 e. The van der Waals surface area contributed by atoms with Gasteiger partial charge in [0.15, 0.2) is 0 Å². The van der Waals surface area contributed by atoms with Gasteiger partial charge in [0.2, 0.25) is 0 Å². The molecule has 0 heterocycles. The van der Waals surface area contributed by atoms with E-state index in [1.807, 2.05) is 0 Å². The summed E-state index contributed by atoms with van der Waals surface area (Å²) in [4.78, 5) is 0. The molecule has 0 aromatic heterocycles. The zero-order chi connectivity index (χ0) is 14.3. The largest absolute Gasteiger partial charge is 0.313 e. The molecule has 0 bridgehead atoms. The van der Waals surface area contributed by atoms with Crippen molar-refractivity contribution in [2.45, 2.75) is 65.8 Å². The second-order valence-corrected chi connectivity index (χ2v) is 5.83. The summed E-state index contributed by atoms with van der Waals surface area (Å²) >= 11 is 0. The number of rotatable bonds is 8. The molecule has 0 aliphatic rings. The Morgan fingerprint density at radius 1 is 1.00 bits per heavy atom. The van der Waals surface area contributed by atoms with Crippen LogP contribution < -0.4 is 5.32 Å². The van der Waals surface area contributed by atoms with Crippen molar-refractivity contribution in [2.24, 2.45) is 5.92 Å². The summed E-state index contributed by atoms with van der Waals surface area (Å²) in [5, 5.41) is 3.75. The van der Waals surface area contributed by atoms with Crippen LogP contribution in [0.2, 0.25) is 0 Å². The average molecular weight is 261 g/mol. The van der Waals surface area contributed by atoms with Crippen LogP contribution in [-0.4, -0.2) is 12.6 Å². The van der Waals surface area contributed by atoms with Gasteiger partial charge in [-0.15, -0.1) is 0 Å². The monoisotopic (exact) mass is 261 g/mol. The van der Waals surface area contributed by atoms with Crippen LogP contribution in [0, 0.1) is 5.92 Å². The molecule has 2 unspecified atom stereocenters. The first-order valence-electron chi connectivity index (χ1n) is 7.96. The Kier molecular flexibility index (Phi) is 7.15. The van der Waals surface area contributed by atoms with Gasteiger partial charge in [-0.3, -0.25) is 0 Å². The van der Waals surface area contributed by atoms with Crippen molar-refractivity contribution in [2.75, 3.05) is 6.54 Å². The first-order chi connectivity index (χ1) is 9.13. The van der Waals surface area contributed by atoms with Crippen LogP contribution in [0.1, 0.15) is 64.5 Å². The molecule has 108 valence electrons. The molecule has 0 saturated carbocycles. The van der Waals surface area contributed by atoms with Crippen molar-refractivity contribution < 1.29 is 0 Å². The van der Waals surface area contributed by atoms with E-state index in [0.29, 0.717) is 17.9 Å². The standard InChI is InChI=1S/C18H31N/c1-6-13-19-18(14(4)5)17(8-3)16-11-9-15(7-2)10-12-16/h9-12,14,17-19H,6-8,13H2,1-5H3. The van der Waals surface area contributed by atoms with Gasteiger partial charge in [0.1, 0.15) is 0 Å². The second kappa shape index (κ2) is 8.37. The van der Waals surface area contributed by atoms with Crippen molar-refractivity contribution in [3.05, 3.63) is 35.4 Å². The van der Waals surface area contributed by atoms with Crippen LogP contribution in [-0.2, 0) is 6.42 Å². The van der Waals surface area contributed by atoms with Crippen molar-refractivity contribution in [1.82, 2.24) is 5.32 Å². The molecule has 1 aromatic rings. The van der Waals surface area contributed by atoms with Gasteiger partial charge in [0, 0.05) is 6.04 Å². The third-order valence-corrected chi connectivity index (χ3v) is 4.04. The minimum absolute atomic E-state index is 0.581. The minimum atomic E-state index is 0.581. The fourth-order valence-electron chi connectivity index (χ4n) is 2.85. The van der Waals surface area contributed by atoms with Crippen LogP contribution in [0.15, 0.2) is 24.3 Å². The molecule has 1 N–H and O–H groups in total. The Bertz CT molecular complexity index is 339. The van der Waals surface area contributed by atoms with Crippen LogP contribution >= 0.6 is 0 Å². The number of nitrogens with one attached hydrogen (secondary N) is 1. The first-order valence-corrected chi connectivity index (χ1v) is 7.96. The van der Waals surface area contributed by atoms with E-state index in [4.69, 9.17) is 0 Å². The molecule has 0 fully saturated rings. The highest BCUT2D eigenvalue weighted by atomic mass is 14.9. The molecule has 0 amide bonds. The predicted octanol–water partition coefficient (Wildman–Crippen LogP) is 4.77. The smallest absolute Gasteiger partial charge is 0.0159 e. The SMILES string of the molecule is CCCNC(C(C)C)C(CC)c1ccc(CC)cc1. The zero-order valence-corrected chi connectivity index (χ0v) is 13.4. The van der Waals surface area contributed by atoms with Gasteiger partial charge in [0.25, 0.3) is 0 Å².